The largest absolute Gasteiger partial charge is 0.493 e. The van der Waals surface area contributed by atoms with Gasteiger partial charge in [0.1, 0.15) is 0 Å². The molecule has 1 aliphatic heterocycles. The van der Waals surface area contributed by atoms with Crippen LogP contribution in [0.15, 0.2) is 18.2 Å². The first-order valence-corrected chi connectivity index (χ1v) is 7.90. The van der Waals surface area contributed by atoms with E-state index in [4.69, 9.17) is 15.2 Å². The Hall–Kier alpha value is -1.75. The molecular formula is C17H26N2O3. The van der Waals surface area contributed by atoms with E-state index >= 15 is 0 Å². The molecule has 1 saturated heterocycles. The predicted octanol–water partition coefficient (Wildman–Crippen LogP) is 1.98. The molecule has 0 aliphatic carbocycles. The van der Waals surface area contributed by atoms with E-state index in [1.165, 1.54) is 12.0 Å². The second-order valence-corrected chi connectivity index (χ2v) is 5.67. The molecule has 0 aromatic heterocycles. The minimum absolute atomic E-state index is 0.0667. The van der Waals surface area contributed by atoms with Crippen LogP contribution in [0.1, 0.15) is 31.2 Å². The Morgan fingerprint density at radius 3 is 2.73 bits per heavy atom. The molecule has 1 aliphatic rings. The molecule has 0 radical (unpaired) electrons. The highest BCUT2D eigenvalue weighted by Crippen LogP contribution is 2.29. The van der Waals surface area contributed by atoms with Crippen molar-refractivity contribution in [2.75, 3.05) is 27.3 Å². The zero-order valence-electron chi connectivity index (χ0n) is 13.5. The molecule has 1 amide bonds. The Morgan fingerprint density at radius 2 is 2.05 bits per heavy atom. The third kappa shape index (κ3) is 3.91. The second-order valence-electron chi connectivity index (χ2n) is 5.67. The topological polar surface area (TPSA) is 64.8 Å². The lowest BCUT2D eigenvalue weighted by Gasteiger charge is -2.35. The quantitative estimate of drug-likeness (QED) is 0.873. The molecule has 5 heteroatoms. The molecule has 5 nitrogen and oxygen atoms in total. The number of hydrogen-bond donors (Lipinski definition) is 1. The molecule has 1 fully saturated rings. The molecule has 2 rings (SSSR count). The van der Waals surface area contributed by atoms with E-state index < -0.39 is 0 Å². The van der Waals surface area contributed by atoms with Crippen LogP contribution in [-0.4, -0.2) is 44.2 Å². The monoisotopic (exact) mass is 306 g/mol. The summed E-state index contributed by atoms with van der Waals surface area (Å²) in [4.78, 5) is 13.9. The average Bonchev–Trinajstić information content (AvgIpc) is 2.59. The van der Waals surface area contributed by atoms with Gasteiger partial charge in [0.2, 0.25) is 5.91 Å². The number of benzene rings is 1. The van der Waals surface area contributed by atoms with Gasteiger partial charge >= 0.3 is 0 Å². The van der Waals surface area contributed by atoms with Crippen LogP contribution in [0.4, 0.5) is 0 Å². The number of aryl methyl sites for hydroxylation is 1. The van der Waals surface area contributed by atoms with Gasteiger partial charge in [0.15, 0.2) is 11.5 Å². The maximum Gasteiger partial charge on any atom is 0.236 e. The Labute approximate surface area is 132 Å². The van der Waals surface area contributed by atoms with Crippen molar-refractivity contribution in [3.8, 4) is 11.5 Å². The van der Waals surface area contributed by atoms with Crippen molar-refractivity contribution in [2.24, 2.45) is 5.73 Å². The first-order chi connectivity index (χ1) is 10.7. The van der Waals surface area contributed by atoms with Crippen LogP contribution in [0.25, 0.3) is 0 Å². The van der Waals surface area contributed by atoms with Gasteiger partial charge in [-0.05, 0) is 49.8 Å². The van der Waals surface area contributed by atoms with E-state index in [1.54, 1.807) is 14.2 Å². The molecule has 22 heavy (non-hydrogen) atoms. The van der Waals surface area contributed by atoms with E-state index in [1.807, 2.05) is 17.0 Å². The van der Waals surface area contributed by atoms with E-state index in [2.05, 4.69) is 6.07 Å². The van der Waals surface area contributed by atoms with Gasteiger partial charge in [0.25, 0.3) is 0 Å². The van der Waals surface area contributed by atoms with Crippen LogP contribution in [0.3, 0.4) is 0 Å². The van der Waals surface area contributed by atoms with Crippen molar-refractivity contribution in [3.05, 3.63) is 23.8 Å². The summed E-state index contributed by atoms with van der Waals surface area (Å²) in [6, 6.07) is 6.30. The van der Waals surface area contributed by atoms with Crippen molar-refractivity contribution in [1.29, 1.82) is 0 Å². The number of amides is 1. The zero-order chi connectivity index (χ0) is 15.9. The molecule has 122 valence electrons. The van der Waals surface area contributed by atoms with Crippen molar-refractivity contribution >= 4 is 5.91 Å². The molecule has 1 atom stereocenters. The summed E-state index contributed by atoms with van der Waals surface area (Å²) < 4.78 is 10.6. The van der Waals surface area contributed by atoms with Gasteiger partial charge in [-0.1, -0.05) is 6.07 Å². The number of piperidine rings is 1. The zero-order valence-corrected chi connectivity index (χ0v) is 13.5. The van der Waals surface area contributed by atoms with E-state index in [0.29, 0.717) is 6.04 Å². The first-order valence-electron chi connectivity index (χ1n) is 7.90. The summed E-state index contributed by atoms with van der Waals surface area (Å²) in [5.74, 6) is 1.55. The van der Waals surface area contributed by atoms with Crippen LogP contribution in [0.2, 0.25) is 0 Å². The SMILES string of the molecule is COc1ccc(CC[C@@H]2CCCCN2C(=O)CN)cc1OC. The number of likely N-dealkylation sites (tertiary alicyclic amines) is 1. The number of carbonyl (C=O) groups excluding carboxylic acids is 1. The molecule has 1 aromatic rings. The Kier molecular flexibility index (Phi) is 6.07. The molecule has 1 aromatic carbocycles. The Balaban J connectivity index is 2.00. The summed E-state index contributed by atoms with van der Waals surface area (Å²) in [5, 5.41) is 0. The summed E-state index contributed by atoms with van der Waals surface area (Å²) in [6.45, 7) is 0.944. The fourth-order valence-electron chi connectivity index (χ4n) is 3.12. The van der Waals surface area contributed by atoms with Crippen LogP contribution >= 0.6 is 0 Å². The highest BCUT2D eigenvalue weighted by atomic mass is 16.5. The standard InChI is InChI=1S/C17H26N2O3/c1-21-15-9-7-13(11-16(15)22-2)6-8-14-5-3-4-10-19(14)17(20)12-18/h7,9,11,14H,3-6,8,10,12,18H2,1-2H3/t14-/m0/s1. The minimum atomic E-state index is 0.0667. The third-order valence-corrected chi connectivity index (χ3v) is 4.34. The number of nitrogens with zero attached hydrogens (tertiary/aromatic N) is 1. The molecule has 0 spiro atoms. The Bertz CT molecular complexity index is 505. The van der Waals surface area contributed by atoms with Gasteiger partial charge in [0, 0.05) is 12.6 Å². The van der Waals surface area contributed by atoms with E-state index in [0.717, 1.165) is 43.7 Å². The molecule has 0 unspecified atom stereocenters. The third-order valence-electron chi connectivity index (χ3n) is 4.34. The van der Waals surface area contributed by atoms with Crippen LogP contribution in [-0.2, 0) is 11.2 Å². The second kappa shape index (κ2) is 8.03. The number of rotatable bonds is 6. The summed E-state index contributed by atoms with van der Waals surface area (Å²) in [6.07, 6.45) is 5.21. The summed E-state index contributed by atoms with van der Waals surface area (Å²) >= 11 is 0. The average molecular weight is 306 g/mol. The van der Waals surface area contributed by atoms with E-state index in [-0.39, 0.29) is 12.5 Å². The normalized spacial score (nSPS) is 18.1. The Morgan fingerprint density at radius 1 is 1.27 bits per heavy atom. The number of hydrogen-bond acceptors (Lipinski definition) is 4. The lowest BCUT2D eigenvalue weighted by molar-refractivity contribution is -0.133. The number of nitrogens with two attached hydrogens (primary N) is 1. The molecular weight excluding hydrogens is 280 g/mol. The predicted molar refractivity (Wildman–Crippen MR) is 86.3 cm³/mol. The van der Waals surface area contributed by atoms with Crippen molar-refractivity contribution in [1.82, 2.24) is 4.90 Å². The van der Waals surface area contributed by atoms with Crippen molar-refractivity contribution in [3.63, 3.8) is 0 Å². The van der Waals surface area contributed by atoms with Crippen molar-refractivity contribution in [2.45, 2.75) is 38.1 Å². The van der Waals surface area contributed by atoms with Gasteiger partial charge < -0.3 is 20.1 Å². The number of ether oxygens (including phenoxy) is 2. The minimum Gasteiger partial charge on any atom is -0.493 e. The van der Waals surface area contributed by atoms with Gasteiger partial charge in [-0.25, -0.2) is 0 Å². The first kappa shape index (κ1) is 16.6. The van der Waals surface area contributed by atoms with Crippen LogP contribution < -0.4 is 15.2 Å². The summed E-state index contributed by atoms with van der Waals surface area (Å²) in [7, 11) is 3.28. The lowest BCUT2D eigenvalue weighted by atomic mass is 9.95. The molecule has 0 bridgehead atoms. The summed E-state index contributed by atoms with van der Waals surface area (Å²) in [5.41, 5.74) is 6.72. The van der Waals surface area contributed by atoms with Gasteiger partial charge in [-0.15, -0.1) is 0 Å². The lowest BCUT2D eigenvalue weighted by Crippen LogP contribution is -2.46. The van der Waals surface area contributed by atoms with E-state index in [9.17, 15) is 4.79 Å². The van der Waals surface area contributed by atoms with Gasteiger partial charge in [0.05, 0.1) is 20.8 Å². The molecule has 2 N–H and O–H groups in total. The highest BCUT2D eigenvalue weighted by molar-refractivity contribution is 5.78. The van der Waals surface area contributed by atoms with Crippen LogP contribution in [0.5, 0.6) is 11.5 Å². The maximum atomic E-state index is 11.9. The highest BCUT2D eigenvalue weighted by Gasteiger charge is 2.25. The van der Waals surface area contributed by atoms with Gasteiger partial charge in [-0.3, -0.25) is 4.79 Å². The molecule has 0 saturated carbocycles. The number of carbonyl (C=O) groups is 1. The fraction of sp³-hybridized carbons (Fsp3) is 0.588. The smallest absolute Gasteiger partial charge is 0.236 e. The van der Waals surface area contributed by atoms with Crippen LogP contribution in [0, 0.1) is 0 Å². The van der Waals surface area contributed by atoms with Gasteiger partial charge in [-0.2, -0.15) is 0 Å². The molecule has 1 heterocycles. The maximum absolute atomic E-state index is 11.9. The number of methoxy groups -OCH3 is 2. The van der Waals surface area contributed by atoms with Crippen molar-refractivity contribution < 1.29 is 14.3 Å². The fourth-order valence-corrected chi connectivity index (χ4v) is 3.12.